The van der Waals surface area contributed by atoms with E-state index in [1.807, 2.05) is 13.0 Å². The van der Waals surface area contributed by atoms with Crippen LogP contribution in [0.15, 0.2) is 22.7 Å². The van der Waals surface area contributed by atoms with Crippen LogP contribution in [0.2, 0.25) is 0 Å². The van der Waals surface area contributed by atoms with E-state index in [1.165, 1.54) is 5.69 Å². The summed E-state index contributed by atoms with van der Waals surface area (Å²) >= 11 is 3.50. The van der Waals surface area contributed by atoms with Gasteiger partial charge in [-0.2, -0.15) is 0 Å². The predicted molar refractivity (Wildman–Crippen MR) is 76.8 cm³/mol. The van der Waals surface area contributed by atoms with Crippen LogP contribution in [0.1, 0.15) is 19.8 Å². The molecule has 1 atom stereocenters. The van der Waals surface area contributed by atoms with Gasteiger partial charge < -0.3 is 15.4 Å². The fourth-order valence-electron chi connectivity index (χ4n) is 1.67. The lowest BCUT2D eigenvalue weighted by Crippen LogP contribution is -2.22. The summed E-state index contributed by atoms with van der Waals surface area (Å²) in [7, 11) is 3.77. The maximum atomic E-state index is 5.74. The summed E-state index contributed by atoms with van der Waals surface area (Å²) in [6, 6.07) is 6.40. The van der Waals surface area contributed by atoms with E-state index < -0.39 is 0 Å². The van der Waals surface area contributed by atoms with Gasteiger partial charge in [0, 0.05) is 25.3 Å². The number of hydrogen-bond acceptors (Lipinski definition) is 3. The second-order valence-electron chi connectivity index (χ2n) is 4.36. The summed E-state index contributed by atoms with van der Waals surface area (Å²) in [4.78, 5) is 2.23. The number of halogens is 1. The first-order valence-electron chi connectivity index (χ1n) is 5.85. The molecule has 1 aromatic rings. The molecule has 0 saturated heterocycles. The van der Waals surface area contributed by atoms with Gasteiger partial charge in [0.1, 0.15) is 5.75 Å². The minimum absolute atomic E-state index is 0.283. The Morgan fingerprint density at radius 2 is 2.18 bits per heavy atom. The Hall–Kier alpha value is -0.740. The van der Waals surface area contributed by atoms with Crippen molar-refractivity contribution in [2.24, 2.45) is 5.73 Å². The van der Waals surface area contributed by atoms with Crippen LogP contribution in [0.4, 0.5) is 5.69 Å². The molecule has 0 aliphatic heterocycles. The molecule has 0 bridgehead atoms. The van der Waals surface area contributed by atoms with Gasteiger partial charge in [-0.1, -0.05) is 0 Å². The maximum absolute atomic E-state index is 5.74. The monoisotopic (exact) mass is 300 g/mol. The summed E-state index contributed by atoms with van der Waals surface area (Å²) in [6.45, 7) is 3.06. The smallest absolute Gasteiger partial charge is 0.133 e. The van der Waals surface area contributed by atoms with Crippen molar-refractivity contribution in [2.45, 2.75) is 25.8 Å². The fraction of sp³-hybridized carbons (Fsp3) is 0.538. The molecule has 0 saturated carbocycles. The van der Waals surface area contributed by atoms with Crippen LogP contribution in [-0.4, -0.2) is 26.7 Å². The van der Waals surface area contributed by atoms with Gasteiger partial charge in [0.05, 0.1) is 11.6 Å². The minimum atomic E-state index is 0.283. The predicted octanol–water partition coefficient (Wildman–Crippen LogP) is 3.02. The quantitative estimate of drug-likeness (QED) is 0.878. The molecule has 1 aromatic carbocycles. The van der Waals surface area contributed by atoms with Crippen LogP contribution < -0.4 is 15.4 Å². The standard InChI is InChI=1S/C13H21BrN2O/c1-10(15)5-4-8-16(2)11-6-7-13(17-3)12(14)9-11/h6-7,9-10H,4-5,8,15H2,1-3H3. The minimum Gasteiger partial charge on any atom is -0.496 e. The Labute approximate surface area is 112 Å². The molecule has 17 heavy (non-hydrogen) atoms. The second kappa shape index (κ2) is 6.87. The number of hydrogen-bond donors (Lipinski definition) is 1. The molecule has 1 rings (SSSR count). The molecule has 4 heteroatoms. The number of methoxy groups -OCH3 is 1. The number of nitrogens with two attached hydrogens (primary N) is 1. The van der Waals surface area contributed by atoms with Crippen molar-refractivity contribution in [1.82, 2.24) is 0 Å². The van der Waals surface area contributed by atoms with Crippen LogP contribution in [-0.2, 0) is 0 Å². The molecule has 0 aromatic heterocycles. The van der Waals surface area contributed by atoms with Gasteiger partial charge in [0.25, 0.3) is 0 Å². The topological polar surface area (TPSA) is 38.5 Å². The van der Waals surface area contributed by atoms with E-state index >= 15 is 0 Å². The highest BCUT2D eigenvalue weighted by Gasteiger charge is 2.05. The van der Waals surface area contributed by atoms with Crippen molar-refractivity contribution in [1.29, 1.82) is 0 Å². The Bertz CT molecular complexity index is 355. The number of benzene rings is 1. The van der Waals surface area contributed by atoms with E-state index in [0.29, 0.717) is 0 Å². The van der Waals surface area contributed by atoms with Crippen molar-refractivity contribution in [3.8, 4) is 5.75 Å². The van der Waals surface area contributed by atoms with Crippen LogP contribution in [0, 0.1) is 0 Å². The van der Waals surface area contributed by atoms with E-state index in [1.54, 1.807) is 7.11 Å². The molecule has 0 aliphatic carbocycles. The zero-order valence-electron chi connectivity index (χ0n) is 10.7. The van der Waals surface area contributed by atoms with Gasteiger partial charge in [-0.3, -0.25) is 0 Å². The van der Waals surface area contributed by atoms with Crippen molar-refractivity contribution in [3.63, 3.8) is 0 Å². The third-order valence-electron chi connectivity index (χ3n) is 2.73. The second-order valence-corrected chi connectivity index (χ2v) is 5.21. The molecular weight excluding hydrogens is 280 g/mol. The molecule has 0 amide bonds. The molecule has 0 aliphatic rings. The Kier molecular flexibility index (Phi) is 5.78. The summed E-state index contributed by atoms with van der Waals surface area (Å²) in [6.07, 6.45) is 2.17. The van der Waals surface area contributed by atoms with Crippen molar-refractivity contribution < 1.29 is 4.74 Å². The third kappa shape index (κ3) is 4.56. The summed E-state index contributed by atoms with van der Waals surface area (Å²) in [5.74, 6) is 0.859. The van der Waals surface area contributed by atoms with Crippen LogP contribution in [0.5, 0.6) is 5.75 Å². The normalized spacial score (nSPS) is 12.3. The number of nitrogens with zero attached hydrogens (tertiary/aromatic N) is 1. The van der Waals surface area contributed by atoms with Crippen LogP contribution in [0.3, 0.4) is 0 Å². The van der Waals surface area contributed by atoms with Crippen molar-refractivity contribution >= 4 is 21.6 Å². The molecule has 0 heterocycles. The van der Waals surface area contributed by atoms with E-state index in [2.05, 4.69) is 40.0 Å². The van der Waals surface area contributed by atoms with E-state index in [0.717, 1.165) is 29.6 Å². The summed E-state index contributed by atoms with van der Waals surface area (Å²) < 4.78 is 6.19. The maximum Gasteiger partial charge on any atom is 0.133 e. The zero-order valence-corrected chi connectivity index (χ0v) is 12.3. The van der Waals surface area contributed by atoms with Gasteiger partial charge in [0.2, 0.25) is 0 Å². The van der Waals surface area contributed by atoms with Gasteiger partial charge in [-0.15, -0.1) is 0 Å². The first-order valence-corrected chi connectivity index (χ1v) is 6.64. The van der Waals surface area contributed by atoms with E-state index in [4.69, 9.17) is 10.5 Å². The summed E-state index contributed by atoms with van der Waals surface area (Å²) in [5, 5.41) is 0. The zero-order chi connectivity index (χ0) is 12.8. The van der Waals surface area contributed by atoms with Gasteiger partial charge in [0.15, 0.2) is 0 Å². The molecule has 3 nitrogen and oxygen atoms in total. The highest BCUT2D eigenvalue weighted by atomic mass is 79.9. The van der Waals surface area contributed by atoms with Gasteiger partial charge >= 0.3 is 0 Å². The molecular formula is C13H21BrN2O. The lowest BCUT2D eigenvalue weighted by molar-refractivity contribution is 0.412. The Morgan fingerprint density at radius 1 is 1.47 bits per heavy atom. The lowest BCUT2D eigenvalue weighted by Gasteiger charge is -2.20. The van der Waals surface area contributed by atoms with Gasteiger partial charge in [-0.25, -0.2) is 0 Å². The van der Waals surface area contributed by atoms with Gasteiger partial charge in [-0.05, 0) is 53.9 Å². The first-order chi connectivity index (χ1) is 8.04. The molecule has 96 valence electrons. The van der Waals surface area contributed by atoms with Crippen LogP contribution in [0.25, 0.3) is 0 Å². The number of rotatable bonds is 6. The molecule has 2 N–H and O–H groups in total. The van der Waals surface area contributed by atoms with Crippen molar-refractivity contribution in [2.75, 3.05) is 25.6 Å². The third-order valence-corrected chi connectivity index (χ3v) is 3.35. The van der Waals surface area contributed by atoms with E-state index in [-0.39, 0.29) is 6.04 Å². The average molecular weight is 301 g/mol. The molecule has 0 radical (unpaired) electrons. The van der Waals surface area contributed by atoms with E-state index in [9.17, 15) is 0 Å². The summed E-state index contributed by atoms with van der Waals surface area (Å²) in [5.41, 5.74) is 6.92. The first kappa shape index (κ1) is 14.3. The Balaban J connectivity index is 2.57. The highest BCUT2D eigenvalue weighted by molar-refractivity contribution is 9.10. The van der Waals surface area contributed by atoms with Crippen molar-refractivity contribution in [3.05, 3.63) is 22.7 Å². The SMILES string of the molecule is COc1ccc(N(C)CCCC(C)N)cc1Br. The van der Waals surface area contributed by atoms with Crippen LogP contribution >= 0.6 is 15.9 Å². The largest absolute Gasteiger partial charge is 0.496 e. The molecule has 0 fully saturated rings. The Morgan fingerprint density at radius 3 is 2.71 bits per heavy atom. The molecule has 0 spiro atoms. The molecule has 1 unspecified atom stereocenters. The average Bonchev–Trinajstić information content (AvgIpc) is 2.28. The lowest BCUT2D eigenvalue weighted by atomic mass is 10.2. The highest BCUT2D eigenvalue weighted by Crippen LogP contribution is 2.29. The fourth-order valence-corrected chi connectivity index (χ4v) is 2.20. The number of ether oxygens (including phenoxy) is 1. The number of anilines is 1.